The van der Waals surface area contributed by atoms with Crippen molar-refractivity contribution in [3.63, 3.8) is 0 Å². The van der Waals surface area contributed by atoms with Gasteiger partial charge in [0, 0.05) is 12.0 Å². The van der Waals surface area contributed by atoms with Crippen LogP contribution in [0.25, 0.3) is 0 Å². The lowest BCUT2D eigenvalue weighted by Crippen LogP contribution is -2.37. The summed E-state index contributed by atoms with van der Waals surface area (Å²) in [6.45, 7) is 5.99. The minimum atomic E-state index is -0.228. The SMILES string of the molecule is CC(C)(c1ccccc1)c1nnc(NC(=O)C2CCCNC2)s1. The smallest absolute Gasteiger partial charge is 0.230 e. The van der Waals surface area contributed by atoms with E-state index in [4.69, 9.17) is 0 Å². The summed E-state index contributed by atoms with van der Waals surface area (Å²) in [6.07, 6.45) is 1.97. The summed E-state index contributed by atoms with van der Waals surface area (Å²) in [4.78, 5) is 12.3. The molecule has 0 spiro atoms. The first kappa shape index (κ1) is 16.1. The fourth-order valence-electron chi connectivity index (χ4n) is 2.79. The Morgan fingerprint density at radius 3 is 2.78 bits per heavy atom. The van der Waals surface area contributed by atoms with Crippen molar-refractivity contribution in [3.05, 3.63) is 40.9 Å². The molecule has 2 aromatic rings. The molecule has 1 unspecified atom stereocenters. The van der Waals surface area contributed by atoms with Gasteiger partial charge in [0.25, 0.3) is 0 Å². The van der Waals surface area contributed by atoms with E-state index in [9.17, 15) is 4.79 Å². The third-order valence-corrected chi connectivity index (χ3v) is 5.52. The van der Waals surface area contributed by atoms with Gasteiger partial charge in [0.15, 0.2) is 0 Å². The fourth-order valence-corrected chi connectivity index (χ4v) is 3.66. The molecule has 1 aliphatic rings. The average Bonchev–Trinajstić information content (AvgIpc) is 3.06. The van der Waals surface area contributed by atoms with E-state index in [2.05, 4.69) is 46.8 Å². The summed E-state index contributed by atoms with van der Waals surface area (Å²) in [5.41, 5.74) is 0.958. The molecule has 0 aliphatic carbocycles. The molecule has 5 nitrogen and oxygen atoms in total. The molecule has 0 saturated carbocycles. The van der Waals surface area contributed by atoms with Crippen molar-refractivity contribution >= 4 is 22.4 Å². The van der Waals surface area contributed by atoms with Crippen LogP contribution in [0.15, 0.2) is 30.3 Å². The van der Waals surface area contributed by atoms with Gasteiger partial charge >= 0.3 is 0 Å². The highest BCUT2D eigenvalue weighted by Gasteiger charge is 2.28. The van der Waals surface area contributed by atoms with E-state index in [1.165, 1.54) is 16.9 Å². The summed E-state index contributed by atoms with van der Waals surface area (Å²) in [7, 11) is 0. The first-order chi connectivity index (χ1) is 11.1. The van der Waals surface area contributed by atoms with Crippen molar-refractivity contribution in [1.82, 2.24) is 15.5 Å². The van der Waals surface area contributed by atoms with E-state index in [0.29, 0.717) is 5.13 Å². The average molecular weight is 330 g/mol. The molecule has 1 atom stereocenters. The highest BCUT2D eigenvalue weighted by Crippen LogP contribution is 2.34. The van der Waals surface area contributed by atoms with Crippen LogP contribution in [0, 0.1) is 5.92 Å². The van der Waals surface area contributed by atoms with Gasteiger partial charge in [0.05, 0.1) is 5.92 Å². The number of carbonyl (C=O) groups excluding carboxylic acids is 1. The number of hydrogen-bond acceptors (Lipinski definition) is 5. The quantitative estimate of drug-likeness (QED) is 0.904. The molecule has 6 heteroatoms. The van der Waals surface area contributed by atoms with Crippen molar-refractivity contribution in [2.75, 3.05) is 18.4 Å². The van der Waals surface area contributed by atoms with Gasteiger partial charge < -0.3 is 10.6 Å². The maximum absolute atomic E-state index is 12.3. The molecular formula is C17H22N4OS. The molecule has 2 heterocycles. The Labute approximate surface area is 140 Å². The third kappa shape index (κ3) is 3.59. The Morgan fingerprint density at radius 2 is 2.09 bits per heavy atom. The maximum atomic E-state index is 12.3. The first-order valence-corrected chi connectivity index (χ1v) is 8.80. The second kappa shape index (κ2) is 6.76. The number of aromatic nitrogens is 2. The molecule has 1 amide bonds. The van der Waals surface area contributed by atoms with Gasteiger partial charge in [-0.1, -0.05) is 41.7 Å². The van der Waals surface area contributed by atoms with Crippen molar-refractivity contribution in [2.24, 2.45) is 5.92 Å². The van der Waals surface area contributed by atoms with E-state index in [1.54, 1.807) is 0 Å². The van der Waals surface area contributed by atoms with Crippen LogP contribution in [-0.2, 0) is 10.2 Å². The topological polar surface area (TPSA) is 66.9 Å². The molecule has 1 aromatic carbocycles. The number of piperidine rings is 1. The van der Waals surface area contributed by atoms with Crippen LogP contribution in [0.4, 0.5) is 5.13 Å². The van der Waals surface area contributed by atoms with E-state index in [-0.39, 0.29) is 17.2 Å². The normalized spacial score (nSPS) is 18.6. The van der Waals surface area contributed by atoms with Crippen LogP contribution >= 0.6 is 11.3 Å². The van der Waals surface area contributed by atoms with Gasteiger partial charge in [-0.25, -0.2) is 0 Å². The number of nitrogens with one attached hydrogen (secondary N) is 2. The molecule has 3 rings (SSSR count). The lowest BCUT2D eigenvalue weighted by molar-refractivity contribution is -0.120. The van der Waals surface area contributed by atoms with Crippen LogP contribution in [0.3, 0.4) is 0 Å². The van der Waals surface area contributed by atoms with Crippen molar-refractivity contribution < 1.29 is 4.79 Å². The lowest BCUT2D eigenvalue weighted by Gasteiger charge is -2.22. The van der Waals surface area contributed by atoms with E-state index in [1.807, 2.05) is 18.2 Å². The van der Waals surface area contributed by atoms with E-state index >= 15 is 0 Å². The molecule has 1 fully saturated rings. The Kier molecular flexibility index (Phi) is 4.73. The molecule has 122 valence electrons. The number of hydrogen-bond donors (Lipinski definition) is 2. The fraction of sp³-hybridized carbons (Fsp3) is 0.471. The molecule has 23 heavy (non-hydrogen) atoms. The first-order valence-electron chi connectivity index (χ1n) is 7.98. The number of amides is 1. The number of rotatable bonds is 4. The molecule has 1 aromatic heterocycles. The minimum Gasteiger partial charge on any atom is -0.316 e. The van der Waals surface area contributed by atoms with Crippen LogP contribution < -0.4 is 10.6 Å². The van der Waals surface area contributed by atoms with Crippen LogP contribution in [0.1, 0.15) is 37.3 Å². The predicted octanol–water partition coefficient (Wildman–Crippen LogP) is 2.80. The van der Waals surface area contributed by atoms with Gasteiger partial charge in [-0.15, -0.1) is 10.2 Å². The van der Waals surface area contributed by atoms with E-state index < -0.39 is 0 Å². The number of benzene rings is 1. The zero-order valence-electron chi connectivity index (χ0n) is 13.5. The second-order valence-corrected chi connectivity index (χ2v) is 7.41. The summed E-state index contributed by atoms with van der Waals surface area (Å²) in [5.74, 6) is 0.0654. The van der Waals surface area contributed by atoms with Gasteiger partial charge in [-0.2, -0.15) is 0 Å². The van der Waals surface area contributed by atoms with Gasteiger partial charge in [-0.05, 0) is 38.8 Å². The lowest BCUT2D eigenvalue weighted by atomic mass is 9.85. The zero-order chi connectivity index (χ0) is 16.3. The maximum Gasteiger partial charge on any atom is 0.230 e. The number of nitrogens with zero attached hydrogens (tertiary/aromatic N) is 2. The van der Waals surface area contributed by atoms with Crippen molar-refractivity contribution in [3.8, 4) is 0 Å². The van der Waals surface area contributed by atoms with Crippen LogP contribution in [-0.4, -0.2) is 29.2 Å². The van der Waals surface area contributed by atoms with E-state index in [0.717, 1.165) is 30.9 Å². The standard InChI is InChI=1S/C17H22N4OS/c1-17(2,13-8-4-3-5-9-13)15-20-21-16(23-15)19-14(22)12-7-6-10-18-11-12/h3-5,8-9,12,18H,6-7,10-11H2,1-2H3,(H,19,21,22). The van der Waals surface area contributed by atoms with Crippen LogP contribution in [0.2, 0.25) is 0 Å². The zero-order valence-corrected chi connectivity index (χ0v) is 14.3. The highest BCUT2D eigenvalue weighted by atomic mass is 32.1. The Morgan fingerprint density at radius 1 is 1.30 bits per heavy atom. The third-order valence-electron chi connectivity index (χ3n) is 4.35. The molecule has 0 bridgehead atoms. The van der Waals surface area contributed by atoms with Gasteiger partial charge in [0.1, 0.15) is 5.01 Å². The summed E-state index contributed by atoms with van der Waals surface area (Å²) in [5, 5.41) is 16.1. The van der Waals surface area contributed by atoms with Crippen molar-refractivity contribution in [1.29, 1.82) is 0 Å². The van der Waals surface area contributed by atoms with Gasteiger partial charge in [0.2, 0.25) is 11.0 Å². The second-order valence-electron chi connectivity index (χ2n) is 6.44. The monoisotopic (exact) mass is 330 g/mol. The van der Waals surface area contributed by atoms with Crippen molar-refractivity contribution in [2.45, 2.75) is 32.1 Å². The molecule has 1 aliphatic heterocycles. The van der Waals surface area contributed by atoms with Crippen LogP contribution in [0.5, 0.6) is 0 Å². The number of anilines is 1. The Hall–Kier alpha value is -1.79. The Bertz CT molecular complexity index is 662. The molecular weight excluding hydrogens is 308 g/mol. The number of carbonyl (C=O) groups is 1. The summed E-state index contributed by atoms with van der Waals surface area (Å²) >= 11 is 1.45. The highest BCUT2D eigenvalue weighted by molar-refractivity contribution is 7.15. The Balaban J connectivity index is 1.71. The minimum absolute atomic E-state index is 0.0261. The summed E-state index contributed by atoms with van der Waals surface area (Å²) < 4.78 is 0. The summed E-state index contributed by atoms with van der Waals surface area (Å²) in [6, 6.07) is 10.2. The predicted molar refractivity (Wildman–Crippen MR) is 92.7 cm³/mol. The molecule has 0 radical (unpaired) electrons. The van der Waals surface area contributed by atoms with Gasteiger partial charge in [-0.3, -0.25) is 4.79 Å². The molecule has 2 N–H and O–H groups in total. The molecule has 1 saturated heterocycles. The largest absolute Gasteiger partial charge is 0.316 e.